The maximum atomic E-state index is 10.7. The summed E-state index contributed by atoms with van der Waals surface area (Å²) in [6.07, 6.45) is 7.70. The van der Waals surface area contributed by atoms with Gasteiger partial charge >= 0.3 is 0 Å². The average molecular weight is 237 g/mol. The number of terminal acetylenes is 1. The number of carbonyl (C=O) groups excluding carboxylic acids is 1. The van der Waals surface area contributed by atoms with Gasteiger partial charge in [0.2, 0.25) is 0 Å². The lowest BCUT2D eigenvalue weighted by Gasteiger charge is -2.26. The molecule has 1 atom stereocenters. The summed E-state index contributed by atoms with van der Waals surface area (Å²) in [6.45, 7) is 7.77. The van der Waals surface area contributed by atoms with Crippen LogP contribution in [0.3, 0.4) is 0 Å². The van der Waals surface area contributed by atoms with Crippen LogP contribution in [0.4, 0.5) is 0 Å². The van der Waals surface area contributed by atoms with Gasteiger partial charge in [-0.05, 0) is 26.7 Å². The Morgan fingerprint density at radius 3 is 2.53 bits per heavy atom. The van der Waals surface area contributed by atoms with E-state index in [4.69, 9.17) is 11.5 Å². The Kier molecular flexibility index (Phi) is 8.17. The highest BCUT2D eigenvalue weighted by molar-refractivity contribution is 5.58. The summed E-state index contributed by atoms with van der Waals surface area (Å²) < 4.78 is 0. The summed E-state index contributed by atoms with van der Waals surface area (Å²) in [4.78, 5) is 12.8. The minimum Gasteiger partial charge on any atom is -0.395 e. The molecule has 0 aromatic carbocycles. The number of rotatable bonds is 8. The third-order valence-electron chi connectivity index (χ3n) is 2.86. The van der Waals surface area contributed by atoms with Crippen LogP contribution in [0.5, 0.6) is 0 Å². The third kappa shape index (κ3) is 5.55. The summed E-state index contributed by atoms with van der Waals surface area (Å²) >= 11 is 0. The van der Waals surface area contributed by atoms with Gasteiger partial charge in [-0.3, -0.25) is 0 Å². The number of allylic oxidation sites excluding steroid dienone is 2. The van der Waals surface area contributed by atoms with E-state index < -0.39 is 0 Å². The molecule has 0 aromatic rings. The van der Waals surface area contributed by atoms with Crippen molar-refractivity contribution in [2.45, 2.75) is 33.6 Å². The number of hydrogen-bond donors (Lipinski definition) is 1. The molecule has 1 N–H and O–H groups in total. The van der Waals surface area contributed by atoms with Crippen LogP contribution < -0.4 is 0 Å². The third-order valence-corrected chi connectivity index (χ3v) is 2.86. The van der Waals surface area contributed by atoms with Gasteiger partial charge in [-0.25, -0.2) is 0 Å². The molecule has 17 heavy (non-hydrogen) atoms. The van der Waals surface area contributed by atoms with Crippen molar-refractivity contribution in [1.29, 1.82) is 0 Å². The molecule has 0 aromatic heterocycles. The average Bonchev–Trinajstić information content (AvgIpc) is 2.34. The van der Waals surface area contributed by atoms with Gasteiger partial charge < -0.3 is 14.8 Å². The van der Waals surface area contributed by atoms with Gasteiger partial charge in [0.05, 0.1) is 12.5 Å². The fourth-order valence-electron chi connectivity index (χ4n) is 1.73. The lowest BCUT2D eigenvalue weighted by Crippen LogP contribution is -2.27. The molecule has 0 spiro atoms. The SMILES string of the molecule is C#CC(C=O)C/C(C)=C(\C)N(CCC)CCO. The Morgan fingerprint density at radius 2 is 2.12 bits per heavy atom. The summed E-state index contributed by atoms with van der Waals surface area (Å²) in [6, 6.07) is 0. The van der Waals surface area contributed by atoms with E-state index >= 15 is 0 Å². The molecule has 0 saturated carbocycles. The van der Waals surface area contributed by atoms with E-state index in [-0.39, 0.29) is 12.5 Å². The maximum absolute atomic E-state index is 10.7. The van der Waals surface area contributed by atoms with E-state index in [9.17, 15) is 4.79 Å². The molecule has 0 saturated heterocycles. The Labute approximate surface area is 105 Å². The van der Waals surface area contributed by atoms with Crippen LogP contribution >= 0.6 is 0 Å². The molecule has 0 heterocycles. The Bertz CT molecular complexity index is 296. The van der Waals surface area contributed by atoms with Crippen molar-refractivity contribution in [3.8, 4) is 12.3 Å². The first kappa shape index (κ1) is 15.7. The number of aliphatic hydroxyl groups excluding tert-OH is 1. The molecule has 96 valence electrons. The Morgan fingerprint density at radius 1 is 1.47 bits per heavy atom. The van der Waals surface area contributed by atoms with Crippen LogP contribution in [0.1, 0.15) is 33.6 Å². The van der Waals surface area contributed by atoms with Gasteiger partial charge in [0.25, 0.3) is 0 Å². The zero-order valence-electron chi connectivity index (χ0n) is 11.1. The van der Waals surface area contributed by atoms with Crippen LogP contribution in [0, 0.1) is 18.3 Å². The maximum Gasteiger partial charge on any atom is 0.135 e. The number of nitrogens with zero attached hydrogens (tertiary/aromatic N) is 1. The van der Waals surface area contributed by atoms with Gasteiger partial charge in [-0.2, -0.15) is 0 Å². The first-order chi connectivity index (χ1) is 8.10. The molecule has 1 unspecified atom stereocenters. The normalized spacial score (nSPS) is 13.6. The van der Waals surface area contributed by atoms with E-state index in [0.717, 1.165) is 30.5 Å². The highest BCUT2D eigenvalue weighted by atomic mass is 16.3. The summed E-state index contributed by atoms with van der Waals surface area (Å²) in [5, 5.41) is 9.02. The van der Waals surface area contributed by atoms with Crippen molar-refractivity contribution in [3.63, 3.8) is 0 Å². The summed E-state index contributed by atoms with van der Waals surface area (Å²) in [5.74, 6) is 2.13. The molecule has 0 aliphatic heterocycles. The fraction of sp³-hybridized carbons (Fsp3) is 0.643. The quantitative estimate of drug-likeness (QED) is 0.517. The number of aldehydes is 1. The molecule has 0 aliphatic carbocycles. The molecule has 0 fully saturated rings. The fourth-order valence-corrected chi connectivity index (χ4v) is 1.73. The van der Waals surface area contributed by atoms with E-state index in [0.29, 0.717) is 13.0 Å². The second-order valence-corrected chi connectivity index (χ2v) is 4.19. The lowest BCUT2D eigenvalue weighted by molar-refractivity contribution is -0.109. The lowest BCUT2D eigenvalue weighted by atomic mass is 10.0. The van der Waals surface area contributed by atoms with Crippen LogP contribution in [0.15, 0.2) is 11.3 Å². The predicted octanol–water partition coefficient (Wildman–Crippen LogP) is 1.82. The molecule has 0 radical (unpaired) electrons. The van der Waals surface area contributed by atoms with Crippen LogP contribution in [-0.4, -0.2) is 36.0 Å². The number of aliphatic hydroxyl groups is 1. The standard InChI is InChI=1S/C14H23NO2/c1-5-7-15(8-9-16)13(4)12(3)10-14(6-2)11-17/h2,11,14,16H,5,7-10H2,1,3-4H3/b13-12+. The van der Waals surface area contributed by atoms with Crippen LogP contribution in [0.2, 0.25) is 0 Å². The summed E-state index contributed by atoms with van der Waals surface area (Å²) in [7, 11) is 0. The molecule has 3 heteroatoms. The Balaban J connectivity index is 4.73. The van der Waals surface area contributed by atoms with Crippen molar-refractivity contribution < 1.29 is 9.90 Å². The van der Waals surface area contributed by atoms with Crippen LogP contribution in [0.25, 0.3) is 0 Å². The molecule has 3 nitrogen and oxygen atoms in total. The molecule has 0 bridgehead atoms. The van der Waals surface area contributed by atoms with Gasteiger partial charge in [-0.15, -0.1) is 6.42 Å². The van der Waals surface area contributed by atoms with Crippen molar-refractivity contribution in [3.05, 3.63) is 11.3 Å². The predicted molar refractivity (Wildman–Crippen MR) is 70.3 cm³/mol. The topological polar surface area (TPSA) is 40.5 Å². The van der Waals surface area contributed by atoms with Gasteiger partial charge in [0.15, 0.2) is 0 Å². The van der Waals surface area contributed by atoms with Crippen molar-refractivity contribution >= 4 is 6.29 Å². The van der Waals surface area contributed by atoms with Gasteiger partial charge in [0.1, 0.15) is 6.29 Å². The Hall–Kier alpha value is -1.27. The minimum atomic E-state index is -0.345. The van der Waals surface area contributed by atoms with E-state index in [1.165, 1.54) is 0 Å². The second-order valence-electron chi connectivity index (χ2n) is 4.19. The number of hydrogen-bond acceptors (Lipinski definition) is 3. The van der Waals surface area contributed by atoms with Crippen molar-refractivity contribution in [2.24, 2.45) is 5.92 Å². The molecule has 0 amide bonds. The summed E-state index contributed by atoms with van der Waals surface area (Å²) in [5.41, 5.74) is 2.23. The second kappa shape index (κ2) is 8.83. The van der Waals surface area contributed by atoms with Gasteiger partial charge in [-0.1, -0.05) is 18.4 Å². The minimum absolute atomic E-state index is 0.136. The first-order valence-corrected chi connectivity index (χ1v) is 6.04. The van der Waals surface area contributed by atoms with Crippen molar-refractivity contribution in [2.75, 3.05) is 19.7 Å². The van der Waals surface area contributed by atoms with E-state index in [1.807, 2.05) is 13.8 Å². The highest BCUT2D eigenvalue weighted by Crippen LogP contribution is 2.16. The molecular weight excluding hydrogens is 214 g/mol. The smallest absolute Gasteiger partial charge is 0.135 e. The van der Waals surface area contributed by atoms with E-state index in [2.05, 4.69) is 17.7 Å². The first-order valence-electron chi connectivity index (χ1n) is 6.04. The zero-order chi connectivity index (χ0) is 13.3. The zero-order valence-corrected chi connectivity index (χ0v) is 11.1. The largest absolute Gasteiger partial charge is 0.395 e. The molecule has 0 rings (SSSR count). The van der Waals surface area contributed by atoms with Crippen molar-refractivity contribution in [1.82, 2.24) is 4.90 Å². The van der Waals surface area contributed by atoms with E-state index in [1.54, 1.807) is 0 Å². The van der Waals surface area contributed by atoms with Gasteiger partial charge in [0, 0.05) is 18.8 Å². The van der Waals surface area contributed by atoms with Crippen LogP contribution in [-0.2, 0) is 4.79 Å². The molecule has 0 aliphatic rings. The highest BCUT2D eigenvalue weighted by Gasteiger charge is 2.10. The molecular formula is C14H23NO2. The number of carbonyl (C=O) groups is 1. The monoisotopic (exact) mass is 237 g/mol.